The maximum Gasteiger partial charge on any atom is 0.226 e. The maximum absolute atomic E-state index is 13.8. The molecule has 0 bridgehead atoms. The number of benzene rings is 2. The average Bonchev–Trinajstić information content (AvgIpc) is 2.58. The first-order chi connectivity index (χ1) is 11.6. The third-order valence-electron chi connectivity index (χ3n) is 4.31. The Bertz CT molecular complexity index is 721. The number of amides is 1. The summed E-state index contributed by atoms with van der Waals surface area (Å²) in [5.74, 6) is 0.0191. The Kier molecular flexibility index (Phi) is 4.81. The molecule has 1 atom stereocenters. The molecule has 5 heteroatoms. The Morgan fingerprint density at radius 3 is 2.62 bits per heavy atom. The lowest BCUT2D eigenvalue weighted by Gasteiger charge is -2.42. The number of ether oxygens (including phenoxy) is 1. The van der Waals surface area contributed by atoms with Crippen LogP contribution >= 0.6 is 0 Å². The van der Waals surface area contributed by atoms with Gasteiger partial charge in [-0.1, -0.05) is 36.4 Å². The van der Waals surface area contributed by atoms with E-state index in [9.17, 15) is 9.18 Å². The Labute approximate surface area is 141 Å². The van der Waals surface area contributed by atoms with Gasteiger partial charge in [0, 0.05) is 6.54 Å². The van der Waals surface area contributed by atoms with Crippen molar-refractivity contribution in [2.45, 2.75) is 19.0 Å². The third kappa shape index (κ3) is 3.41. The van der Waals surface area contributed by atoms with E-state index >= 15 is 0 Å². The van der Waals surface area contributed by atoms with Crippen molar-refractivity contribution in [2.24, 2.45) is 0 Å². The van der Waals surface area contributed by atoms with Crippen LogP contribution in [0.2, 0.25) is 0 Å². The second-order valence-corrected chi connectivity index (χ2v) is 6.12. The fourth-order valence-electron chi connectivity index (χ4n) is 3.03. The van der Waals surface area contributed by atoms with Gasteiger partial charge < -0.3 is 9.64 Å². The number of hydrogen-bond donors (Lipinski definition) is 0. The molecule has 1 saturated heterocycles. The average molecular weight is 328 g/mol. The van der Waals surface area contributed by atoms with Gasteiger partial charge in [0.25, 0.3) is 0 Å². The van der Waals surface area contributed by atoms with Gasteiger partial charge in [0.1, 0.15) is 0 Å². The van der Waals surface area contributed by atoms with Gasteiger partial charge in [-0.15, -0.1) is 0 Å². The summed E-state index contributed by atoms with van der Waals surface area (Å²) in [5.41, 5.74) is 2.00. The number of nitrogens with zero attached hydrogens (tertiary/aromatic N) is 2. The van der Waals surface area contributed by atoms with Gasteiger partial charge in [-0.25, -0.2) is 4.39 Å². The van der Waals surface area contributed by atoms with Crippen LogP contribution in [0.5, 0.6) is 5.75 Å². The number of methoxy groups -OCH3 is 1. The molecule has 1 amide bonds. The van der Waals surface area contributed by atoms with Crippen LogP contribution in [0.4, 0.5) is 4.39 Å². The molecule has 0 saturated carbocycles. The van der Waals surface area contributed by atoms with Crippen LogP contribution in [0.1, 0.15) is 23.6 Å². The lowest BCUT2D eigenvalue weighted by molar-refractivity contribution is -0.149. The summed E-state index contributed by atoms with van der Waals surface area (Å²) in [5, 5.41) is 0. The van der Waals surface area contributed by atoms with Gasteiger partial charge in [-0.3, -0.25) is 9.69 Å². The van der Waals surface area contributed by atoms with Crippen molar-refractivity contribution in [3.05, 3.63) is 65.5 Å². The Morgan fingerprint density at radius 2 is 2.00 bits per heavy atom. The van der Waals surface area contributed by atoms with Crippen molar-refractivity contribution in [1.82, 2.24) is 9.80 Å². The lowest BCUT2D eigenvalue weighted by atomic mass is 9.94. The summed E-state index contributed by atoms with van der Waals surface area (Å²) in [4.78, 5) is 15.8. The SMILES string of the molecule is COc1ccc(CN(C)CN2C(=O)C[C@@H]2c2ccccc2)cc1F. The predicted octanol–water partition coefficient (Wildman–Crippen LogP) is 3.20. The van der Waals surface area contributed by atoms with Crippen LogP contribution in [0.15, 0.2) is 48.5 Å². The monoisotopic (exact) mass is 328 g/mol. The minimum absolute atomic E-state index is 0.133. The van der Waals surface area contributed by atoms with Gasteiger partial charge in [-0.2, -0.15) is 0 Å². The van der Waals surface area contributed by atoms with E-state index in [-0.39, 0.29) is 23.5 Å². The van der Waals surface area contributed by atoms with Crippen LogP contribution in [-0.2, 0) is 11.3 Å². The van der Waals surface area contributed by atoms with E-state index in [1.54, 1.807) is 6.07 Å². The zero-order valence-electron chi connectivity index (χ0n) is 13.9. The molecule has 0 aliphatic carbocycles. The van der Waals surface area contributed by atoms with Crippen LogP contribution < -0.4 is 4.74 Å². The summed E-state index contributed by atoms with van der Waals surface area (Å²) in [6, 6.07) is 15.1. The zero-order chi connectivity index (χ0) is 17.1. The highest BCUT2D eigenvalue weighted by molar-refractivity contribution is 5.83. The quantitative estimate of drug-likeness (QED) is 0.764. The number of rotatable bonds is 6. The number of β-lactam (4-membered cyclic amide) rings is 1. The molecule has 126 valence electrons. The molecule has 2 aromatic carbocycles. The van der Waals surface area contributed by atoms with Crippen molar-refractivity contribution >= 4 is 5.91 Å². The van der Waals surface area contributed by atoms with E-state index in [1.807, 2.05) is 53.2 Å². The first kappa shape index (κ1) is 16.5. The van der Waals surface area contributed by atoms with Crippen molar-refractivity contribution in [3.8, 4) is 5.75 Å². The van der Waals surface area contributed by atoms with Crippen molar-refractivity contribution in [1.29, 1.82) is 0 Å². The fourth-order valence-corrected chi connectivity index (χ4v) is 3.03. The molecule has 24 heavy (non-hydrogen) atoms. The van der Waals surface area contributed by atoms with E-state index in [0.717, 1.165) is 11.1 Å². The molecule has 0 unspecified atom stereocenters. The second-order valence-electron chi connectivity index (χ2n) is 6.12. The fraction of sp³-hybridized carbons (Fsp3) is 0.316. The van der Waals surface area contributed by atoms with Crippen LogP contribution in [0.25, 0.3) is 0 Å². The summed E-state index contributed by atoms with van der Waals surface area (Å²) >= 11 is 0. The largest absolute Gasteiger partial charge is 0.494 e. The van der Waals surface area contributed by atoms with Crippen LogP contribution in [0.3, 0.4) is 0 Å². The molecule has 1 heterocycles. The first-order valence-corrected chi connectivity index (χ1v) is 7.94. The Balaban J connectivity index is 1.62. The minimum Gasteiger partial charge on any atom is -0.494 e. The summed E-state index contributed by atoms with van der Waals surface area (Å²) in [6.07, 6.45) is 0.551. The number of likely N-dealkylation sites (tertiary alicyclic amines) is 1. The van der Waals surface area contributed by atoms with Gasteiger partial charge >= 0.3 is 0 Å². The van der Waals surface area contributed by atoms with E-state index in [0.29, 0.717) is 19.6 Å². The molecule has 0 N–H and O–H groups in total. The normalized spacial score (nSPS) is 17.1. The highest BCUT2D eigenvalue weighted by Gasteiger charge is 2.37. The molecule has 2 aromatic rings. The standard InChI is InChI=1S/C19H21FN2O2/c1-21(12-14-8-9-18(24-2)16(20)10-14)13-22-17(11-19(22)23)15-6-4-3-5-7-15/h3-10,17H,11-13H2,1-2H3/t17-/m1/s1. The summed E-state index contributed by atoms with van der Waals surface area (Å²) in [6.45, 7) is 1.08. The van der Waals surface area contributed by atoms with Crippen molar-refractivity contribution < 1.29 is 13.9 Å². The van der Waals surface area contributed by atoms with Gasteiger partial charge in [0.15, 0.2) is 11.6 Å². The summed E-state index contributed by atoms with van der Waals surface area (Å²) in [7, 11) is 3.37. The first-order valence-electron chi connectivity index (χ1n) is 7.94. The van der Waals surface area contributed by atoms with E-state index in [1.165, 1.54) is 13.2 Å². The molecule has 1 aliphatic heterocycles. The lowest BCUT2D eigenvalue weighted by Crippen LogP contribution is -2.50. The van der Waals surface area contributed by atoms with E-state index in [2.05, 4.69) is 0 Å². The smallest absolute Gasteiger partial charge is 0.226 e. The van der Waals surface area contributed by atoms with Gasteiger partial charge in [0.2, 0.25) is 5.91 Å². The molecule has 0 spiro atoms. The molecule has 0 radical (unpaired) electrons. The van der Waals surface area contributed by atoms with E-state index < -0.39 is 0 Å². The second kappa shape index (κ2) is 7.01. The van der Waals surface area contributed by atoms with Crippen LogP contribution in [-0.4, -0.2) is 36.5 Å². The third-order valence-corrected chi connectivity index (χ3v) is 4.31. The Hall–Kier alpha value is -2.40. The van der Waals surface area contributed by atoms with Gasteiger partial charge in [-0.05, 0) is 30.3 Å². The highest BCUT2D eigenvalue weighted by atomic mass is 19.1. The van der Waals surface area contributed by atoms with Gasteiger partial charge in [0.05, 0.1) is 26.2 Å². The molecule has 0 aromatic heterocycles. The van der Waals surface area contributed by atoms with Crippen LogP contribution in [0, 0.1) is 5.82 Å². The van der Waals surface area contributed by atoms with Crippen molar-refractivity contribution in [3.63, 3.8) is 0 Å². The number of carbonyl (C=O) groups excluding carboxylic acids is 1. The predicted molar refractivity (Wildman–Crippen MR) is 89.9 cm³/mol. The minimum atomic E-state index is -0.370. The summed E-state index contributed by atoms with van der Waals surface area (Å²) < 4.78 is 18.7. The highest BCUT2D eigenvalue weighted by Crippen LogP contribution is 2.34. The molecular weight excluding hydrogens is 307 g/mol. The molecule has 1 fully saturated rings. The van der Waals surface area contributed by atoms with Crippen molar-refractivity contribution in [2.75, 3.05) is 20.8 Å². The topological polar surface area (TPSA) is 32.8 Å². The molecule has 3 rings (SSSR count). The zero-order valence-corrected chi connectivity index (χ0v) is 13.9. The molecular formula is C19H21FN2O2. The number of carbonyl (C=O) groups is 1. The molecule has 4 nitrogen and oxygen atoms in total. The molecule has 1 aliphatic rings. The van der Waals surface area contributed by atoms with E-state index in [4.69, 9.17) is 4.74 Å². The Morgan fingerprint density at radius 1 is 1.25 bits per heavy atom. The maximum atomic E-state index is 13.8. The number of hydrogen-bond acceptors (Lipinski definition) is 3. The number of halogens is 1.